The third-order valence-corrected chi connectivity index (χ3v) is 12.1. The van der Waals surface area contributed by atoms with Crippen LogP contribution >= 0.6 is 11.8 Å². The highest BCUT2D eigenvalue weighted by atomic mass is 32.2. The summed E-state index contributed by atoms with van der Waals surface area (Å²) in [5.41, 5.74) is 18.8. The Morgan fingerprint density at radius 2 is 1.68 bits per heavy atom. The Hall–Kier alpha value is -4.01. The molecule has 0 aromatic heterocycles. The van der Waals surface area contributed by atoms with E-state index in [1.54, 1.807) is 0 Å². The topological polar surface area (TPSA) is 3.24 Å². The van der Waals surface area contributed by atoms with Gasteiger partial charge in [0.05, 0.1) is 11.4 Å². The van der Waals surface area contributed by atoms with Gasteiger partial charge in [0, 0.05) is 23.3 Å². The zero-order valence-electron chi connectivity index (χ0n) is 29.2. The van der Waals surface area contributed by atoms with Crippen molar-refractivity contribution in [3.8, 4) is 22.3 Å². The highest BCUT2D eigenvalue weighted by molar-refractivity contribution is 8.00. The average Bonchev–Trinajstić information content (AvgIpc) is 3.42. The van der Waals surface area contributed by atoms with Crippen LogP contribution in [0.25, 0.3) is 33.9 Å². The highest BCUT2D eigenvalue weighted by Gasteiger charge is 2.36. The van der Waals surface area contributed by atoms with Crippen molar-refractivity contribution in [3.63, 3.8) is 0 Å². The van der Waals surface area contributed by atoms with E-state index in [4.69, 9.17) is 0 Å². The molecule has 1 fully saturated rings. The Bertz CT molecular complexity index is 2030. The maximum Gasteiger partial charge on any atom is 0.0598 e. The molecule has 1 nitrogen and oxygen atoms in total. The van der Waals surface area contributed by atoms with Gasteiger partial charge in [-0.05, 0) is 129 Å². The summed E-state index contributed by atoms with van der Waals surface area (Å²) in [5.74, 6) is 0. The summed E-state index contributed by atoms with van der Waals surface area (Å²) in [7, 11) is 2.25. The van der Waals surface area contributed by atoms with Crippen LogP contribution in [0, 0.1) is 17.8 Å². The molecule has 2 heteroatoms. The molecule has 2 aliphatic carbocycles. The van der Waals surface area contributed by atoms with E-state index in [1.165, 1.54) is 95.2 Å². The van der Waals surface area contributed by atoms with Crippen LogP contribution in [-0.4, -0.2) is 7.05 Å². The van der Waals surface area contributed by atoms with E-state index in [2.05, 4.69) is 139 Å². The van der Waals surface area contributed by atoms with E-state index in [9.17, 15) is 0 Å². The van der Waals surface area contributed by atoms with Gasteiger partial charge in [-0.15, -0.1) is 0 Å². The summed E-state index contributed by atoms with van der Waals surface area (Å²) >= 11 is 1.93. The largest absolute Gasteiger partial charge is 0.343 e. The lowest BCUT2D eigenvalue weighted by Gasteiger charge is -2.42. The number of nitrogens with zero attached hydrogens (tertiary/aromatic N) is 1. The fraction of sp³-hybridized carbons (Fsp3) is 0.289. The fourth-order valence-electron chi connectivity index (χ4n) is 7.84. The first-order valence-corrected chi connectivity index (χ1v) is 17.8. The molecule has 1 saturated carbocycles. The van der Waals surface area contributed by atoms with Crippen molar-refractivity contribution in [1.29, 1.82) is 0 Å². The van der Waals surface area contributed by atoms with Crippen molar-refractivity contribution in [1.82, 2.24) is 0 Å². The van der Waals surface area contributed by atoms with Gasteiger partial charge in [-0.25, -0.2) is 0 Å². The zero-order valence-corrected chi connectivity index (χ0v) is 30.0. The summed E-state index contributed by atoms with van der Waals surface area (Å²) in [4.78, 5) is 5.10. The molecule has 238 valence electrons. The second-order valence-electron chi connectivity index (χ2n) is 15.3. The Labute approximate surface area is 286 Å². The lowest BCUT2D eigenvalue weighted by Crippen LogP contribution is -2.29. The standard InChI is InChI=1S/C45H47NS/c1-10-29(4)35(25-33-27-44(5,6)20-21-45(33,7)8)36-23-32(18-17-30(36)11-2)37-26-38-34-15-13-12-14-31(34)24-39(38)42-43(37)47-41-22-28(3)16-19-40(41)46(42)9/h10-19,22-23,25-26H,1-2,20-21,24,27H2,3-9H3/b33-25+,35-29+. The number of hydrogen-bond acceptors (Lipinski definition) is 2. The van der Waals surface area contributed by atoms with Gasteiger partial charge in [-0.3, -0.25) is 0 Å². The van der Waals surface area contributed by atoms with Crippen LogP contribution in [0.2, 0.25) is 0 Å². The van der Waals surface area contributed by atoms with Crippen LogP contribution in [0.1, 0.15) is 81.7 Å². The van der Waals surface area contributed by atoms with Gasteiger partial charge in [-0.2, -0.15) is 0 Å². The van der Waals surface area contributed by atoms with Crippen LogP contribution < -0.4 is 4.90 Å². The average molecular weight is 634 g/mol. The Balaban J connectivity index is 1.46. The van der Waals surface area contributed by atoms with Gasteiger partial charge in [0.25, 0.3) is 0 Å². The number of fused-ring (bicyclic) bond motifs is 6. The molecule has 0 amide bonds. The third-order valence-electron chi connectivity index (χ3n) is 10.9. The molecule has 0 radical (unpaired) electrons. The number of rotatable bonds is 5. The van der Waals surface area contributed by atoms with Crippen molar-refractivity contribution in [2.45, 2.75) is 77.0 Å². The van der Waals surface area contributed by atoms with E-state index < -0.39 is 0 Å². The van der Waals surface area contributed by atoms with Crippen LogP contribution in [0.4, 0.5) is 11.4 Å². The lowest BCUT2D eigenvalue weighted by molar-refractivity contribution is 0.199. The lowest BCUT2D eigenvalue weighted by atomic mass is 9.63. The molecule has 4 aromatic rings. The molecule has 0 atom stereocenters. The smallest absolute Gasteiger partial charge is 0.0598 e. The second kappa shape index (κ2) is 11.6. The summed E-state index contributed by atoms with van der Waals surface area (Å²) < 4.78 is 0. The summed E-state index contributed by atoms with van der Waals surface area (Å²) in [6.45, 7) is 22.6. The predicted molar refractivity (Wildman–Crippen MR) is 206 cm³/mol. The summed E-state index contributed by atoms with van der Waals surface area (Å²) in [6.07, 6.45) is 11.1. The number of benzene rings is 4. The first-order chi connectivity index (χ1) is 22.4. The number of hydrogen-bond donors (Lipinski definition) is 0. The maximum atomic E-state index is 4.27. The van der Waals surface area contributed by atoms with Crippen LogP contribution in [0.15, 0.2) is 113 Å². The summed E-state index contributed by atoms with van der Waals surface area (Å²) in [6, 6.07) is 25.3. The molecular formula is C45H47NS. The van der Waals surface area contributed by atoms with Gasteiger partial charge < -0.3 is 4.90 Å². The Morgan fingerprint density at radius 3 is 2.45 bits per heavy atom. The van der Waals surface area contributed by atoms with Gasteiger partial charge >= 0.3 is 0 Å². The molecular weight excluding hydrogens is 587 g/mol. The van der Waals surface area contributed by atoms with Crippen molar-refractivity contribution < 1.29 is 0 Å². The quantitative estimate of drug-likeness (QED) is 0.177. The van der Waals surface area contributed by atoms with Gasteiger partial charge in [-0.1, -0.05) is 119 Å². The van der Waals surface area contributed by atoms with Gasteiger partial charge in [0.2, 0.25) is 0 Å². The van der Waals surface area contributed by atoms with E-state index in [0.717, 1.165) is 18.4 Å². The maximum absolute atomic E-state index is 4.27. The molecule has 0 spiro atoms. The fourth-order valence-corrected chi connectivity index (χ4v) is 9.26. The molecule has 1 heterocycles. The molecule has 47 heavy (non-hydrogen) atoms. The van der Waals surface area contributed by atoms with Crippen molar-refractivity contribution in [2.24, 2.45) is 10.8 Å². The first-order valence-electron chi connectivity index (χ1n) is 17.0. The highest BCUT2D eigenvalue weighted by Crippen LogP contribution is 2.57. The molecule has 0 saturated heterocycles. The van der Waals surface area contributed by atoms with Crippen molar-refractivity contribution >= 4 is 34.8 Å². The second-order valence-corrected chi connectivity index (χ2v) is 16.3. The third kappa shape index (κ3) is 5.45. The molecule has 3 aliphatic rings. The minimum atomic E-state index is 0.160. The van der Waals surface area contributed by atoms with E-state index in [-0.39, 0.29) is 5.41 Å². The minimum Gasteiger partial charge on any atom is -0.343 e. The zero-order chi connectivity index (χ0) is 33.2. The van der Waals surface area contributed by atoms with Gasteiger partial charge in [0.1, 0.15) is 0 Å². The predicted octanol–water partition coefficient (Wildman–Crippen LogP) is 13.2. The molecule has 1 aliphatic heterocycles. The van der Waals surface area contributed by atoms with Crippen LogP contribution in [0.3, 0.4) is 0 Å². The monoisotopic (exact) mass is 633 g/mol. The number of allylic oxidation sites excluding steroid dienone is 5. The van der Waals surface area contributed by atoms with Crippen LogP contribution in [0.5, 0.6) is 0 Å². The van der Waals surface area contributed by atoms with Crippen molar-refractivity contribution in [2.75, 3.05) is 11.9 Å². The first kappa shape index (κ1) is 31.6. The number of aryl methyl sites for hydroxylation is 1. The minimum absolute atomic E-state index is 0.160. The van der Waals surface area contributed by atoms with Gasteiger partial charge in [0.15, 0.2) is 0 Å². The molecule has 7 rings (SSSR count). The Morgan fingerprint density at radius 1 is 0.894 bits per heavy atom. The summed E-state index contributed by atoms with van der Waals surface area (Å²) in [5, 5.41) is 0. The number of anilines is 2. The SMILES string of the molecule is C=C/C(C)=C(\C=C1/CC(C)(C)CCC1(C)C)c1cc(-c2cc3c(c4c2Sc2cc(C)ccc2N4C)Cc2ccccc2-3)ccc1C=C. The molecule has 0 bridgehead atoms. The molecule has 4 aromatic carbocycles. The van der Waals surface area contributed by atoms with Crippen LogP contribution in [-0.2, 0) is 6.42 Å². The van der Waals surface area contributed by atoms with E-state index in [1.807, 2.05) is 23.9 Å². The van der Waals surface area contributed by atoms with E-state index in [0.29, 0.717) is 5.41 Å². The Kier molecular flexibility index (Phi) is 7.79. The van der Waals surface area contributed by atoms with Crippen molar-refractivity contribution in [3.05, 3.63) is 131 Å². The molecule has 0 N–H and O–H groups in total. The van der Waals surface area contributed by atoms with E-state index >= 15 is 0 Å². The normalized spacial score (nSPS) is 18.5. The molecule has 0 unspecified atom stereocenters.